The summed E-state index contributed by atoms with van der Waals surface area (Å²) in [6.45, 7) is 0. The van der Waals surface area contributed by atoms with Crippen molar-refractivity contribution < 1.29 is 31.8 Å². The molecule has 4 heteroatoms. The van der Waals surface area contributed by atoms with E-state index in [1.54, 1.807) is 6.08 Å². The molecule has 0 bridgehead atoms. The summed E-state index contributed by atoms with van der Waals surface area (Å²) in [5.74, 6) is 0. The minimum atomic E-state index is -2.46. The van der Waals surface area contributed by atoms with E-state index in [9.17, 15) is 9.46 Å². The van der Waals surface area contributed by atoms with Crippen molar-refractivity contribution in [3.63, 3.8) is 0 Å². The van der Waals surface area contributed by atoms with Gasteiger partial charge in [-0.25, -0.2) is 0 Å². The monoisotopic (exact) mass is 425 g/mol. The Kier molecular flexibility index (Phi) is 3.62. The van der Waals surface area contributed by atoms with Crippen LogP contribution in [0.15, 0.2) is 42.5 Å². The fraction of sp³-hybridized carbons (Fsp3) is 0.0769. The first kappa shape index (κ1) is 12.7. The molecule has 89 valence electrons. The molecule has 2 aromatic carbocycles. The van der Waals surface area contributed by atoms with Gasteiger partial charge in [-0.1, -0.05) is 47.0 Å². The first-order valence-electron chi connectivity index (χ1n) is 5.11. The second-order valence-electron chi connectivity index (χ2n) is 3.88. The number of rotatable bonds is 1. The molecule has 0 saturated carbocycles. The molecule has 2 unspecified atom stereocenters. The van der Waals surface area contributed by atoms with E-state index in [4.69, 9.17) is 0 Å². The topological polar surface area (TPSA) is 40.1 Å². The van der Waals surface area contributed by atoms with Crippen molar-refractivity contribution in [2.45, 2.75) is 5.66 Å². The molecule has 0 amide bonds. The van der Waals surface area contributed by atoms with Crippen molar-refractivity contribution in [1.29, 1.82) is 0 Å². The molecule has 0 saturated heterocycles. The van der Waals surface area contributed by atoms with E-state index in [0.717, 1.165) is 21.9 Å². The first-order chi connectivity index (χ1) is 7.77. The van der Waals surface area contributed by atoms with Gasteiger partial charge in [-0.15, -0.1) is 0 Å². The van der Waals surface area contributed by atoms with Crippen molar-refractivity contribution >= 4 is 24.9 Å². The fourth-order valence-corrected chi connectivity index (χ4v) is 2.94. The van der Waals surface area contributed by atoms with E-state index in [-0.39, 0.29) is 22.4 Å². The number of allylic oxidation sites excluding steroid dienone is 1. The van der Waals surface area contributed by atoms with E-state index in [2.05, 4.69) is 0 Å². The van der Waals surface area contributed by atoms with Gasteiger partial charge in [-0.2, -0.15) is 0 Å². The smallest absolute Gasteiger partial charge is 0.321 e. The summed E-state index contributed by atoms with van der Waals surface area (Å²) in [5.41, 5.74) is 1.52. The van der Waals surface area contributed by atoms with Gasteiger partial charge in [0.25, 0.3) is 0 Å². The number of benzene rings is 2. The van der Waals surface area contributed by atoms with Crippen LogP contribution in [0.25, 0.3) is 16.8 Å². The molecule has 1 radical (unpaired) electrons. The second-order valence-corrected chi connectivity index (χ2v) is 5.01. The van der Waals surface area contributed by atoms with Gasteiger partial charge in [0.2, 0.25) is 0 Å². The number of hydrogen-bond acceptors (Lipinski definition) is 2. The van der Waals surface area contributed by atoms with Crippen LogP contribution in [0.3, 0.4) is 0 Å². The molecule has 3 rings (SSSR count). The van der Waals surface area contributed by atoms with Gasteiger partial charge >= 0.3 is 8.03 Å². The zero-order valence-corrected chi connectivity index (χ0v) is 11.8. The van der Waals surface area contributed by atoms with Crippen LogP contribution in [-0.2, 0) is 26.9 Å². The fourth-order valence-electron chi connectivity index (χ4n) is 2.27. The van der Waals surface area contributed by atoms with Crippen molar-refractivity contribution in [3.8, 4) is 0 Å². The Bertz CT molecular complexity index is 617. The Morgan fingerprint density at radius 1 is 1.12 bits per heavy atom. The third-order valence-corrected chi connectivity index (χ3v) is 3.88. The van der Waals surface area contributed by atoms with Crippen LogP contribution in [0.4, 0.5) is 0 Å². The summed E-state index contributed by atoms with van der Waals surface area (Å²) in [6.07, 6.45) is 3.65. The maximum Gasteiger partial charge on any atom is 0.321 e. The predicted octanol–water partition coefficient (Wildman–Crippen LogP) is 3.01. The zero-order chi connectivity index (χ0) is 11.1. The quantitative estimate of drug-likeness (QED) is 0.521. The van der Waals surface area contributed by atoms with Gasteiger partial charge in [-0.05, 0) is 22.4 Å². The van der Waals surface area contributed by atoms with Crippen molar-refractivity contribution in [3.05, 3.63) is 53.6 Å². The summed E-state index contributed by atoms with van der Waals surface area (Å²) < 4.78 is 11.2. The average Bonchev–Trinajstić information content (AvgIpc) is 2.30. The molecule has 0 N–H and O–H groups in total. The Labute approximate surface area is 116 Å². The van der Waals surface area contributed by atoms with Crippen LogP contribution in [0, 0.1) is 0 Å². The van der Waals surface area contributed by atoms with Crippen LogP contribution >= 0.6 is 8.03 Å². The van der Waals surface area contributed by atoms with Gasteiger partial charge in [0.05, 0.1) is 0 Å². The van der Waals surface area contributed by atoms with Crippen LogP contribution in [0.5, 0.6) is 0 Å². The maximum atomic E-state index is 11.2. The molecule has 1 aliphatic carbocycles. The minimum absolute atomic E-state index is 0. The predicted molar refractivity (Wildman–Crippen MR) is 63.3 cm³/mol. The Morgan fingerprint density at radius 2 is 1.82 bits per heavy atom. The summed E-state index contributed by atoms with van der Waals surface area (Å²) >= 11 is 0. The summed E-state index contributed by atoms with van der Waals surface area (Å²) in [4.78, 5) is 11.2. The van der Waals surface area contributed by atoms with Crippen LogP contribution in [-0.4, -0.2) is 0 Å². The van der Waals surface area contributed by atoms with Gasteiger partial charge in [0.15, 0.2) is 5.66 Å². The van der Waals surface area contributed by atoms with E-state index < -0.39 is 13.7 Å². The van der Waals surface area contributed by atoms with Crippen LogP contribution in [0.2, 0.25) is 0 Å². The van der Waals surface area contributed by atoms with Gasteiger partial charge in [-0.3, -0.25) is 0 Å². The molecule has 2 aromatic rings. The minimum Gasteiger partial charge on any atom is -0.595 e. The van der Waals surface area contributed by atoms with Crippen molar-refractivity contribution in [2.24, 2.45) is 0 Å². The van der Waals surface area contributed by atoms with Crippen LogP contribution < -0.4 is 4.89 Å². The molecule has 1 aliphatic rings. The van der Waals surface area contributed by atoms with E-state index >= 15 is 0 Å². The molecule has 2 nitrogen and oxygen atoms in total. The largest absolute Gasteiger partial charge is 0.595 e. The van der Waals surface area contributed by atoms with Gasteiger partial charge in [0, 0.05) is 27.9 Å². The van der Waals surface area contributed by atoms with Crippen molar-refractivity contribution in [2.75, 3.05) is 0 Å². The molecular weight excluding hydrogens is 416 g/mol. The molecule has 0 aliphatic heterocycles. The third kappa shape index (κ3) is 2.03. The molecule has 0 aromatic heterocycles. The molecule has 0 heterocycles. The molecule has 0 spiro atoms. The first-order valence-corrected chi connectivity index (χ1v) is 6.35. The Morgan fingerprint density at radius 3 is 2.53 bits per heavy atom. The average molecular weight is 425 g/mol. The molecule has 17 heavy (non-hydrogen) atoms. The summed E-state index contributed by atoms with van der Waals surface area (Å²) in [6, 6.07) is 11.8. The van der Waals surface area contributed by atoms with E-state index in [0.29, 0.717) is 0 Å². The maximum absolute atomic E-state index is 11.2. The van der Waals surface area contributed by atoms with Gasteiger partial charge < -0.3 is 4.89 Å². The normalized spacial score (nSPS) is 17.7. The van der Waals surface area contributed by atoms with Crippen LogP contribution in [0.1, 0.15) is 16.8 Å². The SMILES string of the molecule is O=[P+]([O-])C1C=Cc2cccc3cccc1c23.[Au]. The van der Waals surface area contributed by atoms with E-state index in [1.807, 2.05) is 42.5 Å². The summed E-state index contributed by atoms with van der Waals surface area (Å²) in [7, 11) is -2.46. The summed E-state index contributed by atoms with van der Waals surface area (Å²) in [5, 5.41) is 2.16. The standard InChI is InChI=1S/C13H9O2P.Au/c14-16(15)12-8-7-10-4-1-3-9-5-2-6-11(12)13(9)10;/h1-8,12H;. The third-order valence-electron chi connectivity index (χ3n) is 2.97. The molecule has 0 fully saturated rings. The Hall–Kier alpha value is -0.760. The van der Waals surface area contributed by atoms with Crippen molar-refractivity contribution in [1.82, 2.24) is 0 Å². The Balaban J connectivity index is 0.00000108. The number of hydrogen-bond donors (Lipinski definition) is 0. The molecular formula is C13H9AuO2P. The zero-order valence-electron chi connectivity index (χ0n) is 8.76. The second kappa shape index (κ2) is 4.85. The van der Waals surface area contributed by atoms with Gasteiger partial charge in [0.1, 0.15) is 0 Å². The van der Waals surface area contributed by atoms with E-state index in [1.165, 1.54) is 0 Å². The molecule has 2 atom stereocenters.